The summed E-state index contributed by atoms with van der Waals surface area (Å²) in [5.41, 5.74) is 3.62. The zero-order chi connectivity index (χ0) is 20.4. The summed E-state index contributed by atoms with van der Waals surface area (Å²) in [6.07, 6.45) is 1.12. The molecule has 144 valence electrons. The molecule has 4 rings (SSSR count). The van der Waals surface area contributed by atoms with Crippen molar-refractivity contribution in [1.82, 2.24) is 9.55 Å². The first kappa shape index (κ1) is 18.4. The SMILES string of the molecule is COc1ccccc1-c1ccc2c(N(C)c3ccccc3)nc(=N)n(C=N)c2c1. The normalized spacial score (nSPS) is 10.7. The van der Waals surface area contributed by atoms with Gasteiger partial charge in [0.15, 0.2) is 0 Å². The smallest absolute Gasteiger partial charge is 0.229 e. The Morgan fingerprint density at radius 1 is 1.00 bits per heavy atom. The maximum absolute atomic E-state index is 8.35. The minimum absolute atomic E-state index is 0.00228. The van der Waals surface area contributed by atoms with Gasteiger partial charge in [0.05, 0.1) is 19.0 Å². The highest BCUT2D eigenvalue weighted by atomic mass is 16.5. The van der Waals surface area contributed by atoms with Crippen molar-refractivity contribution in [3.63, 3.8) is 0 Å². The van der Waals surface area contributed by atoms with Crippen LogP contribution in [0, 0.1) is 10.8 Å². The van der Waals surface area contributed by atoms with Crippen LogP contribution in [-0.4, -0.2) is 30.0 Å². The first-order valence-electron chi connectivity index (χ1n) is 9.17. The Bertz CT molecular complexity index is 1250. The van der Waals surface area contributed by atoms with Gasteiger partial charge >= 0.3 is 0 Å². The number of aromatic nitrogens is 2. The zero-order valence-electron chi connectivity index (χ0n) is 16.3. The molecule has 1 heterocycles. The fourth-order valence-corrected chi connectivity index (χ4v) is 3.46. The van der Waals surface area contributed by atoms with Gasteiger partial charge in [-0.2, -0.15) is 4.98 Å². The average molecular weight is 383 g/mol. The van der Waals surface area contributed by atoms with Crippen LogP contribution in [0.3, 0.4) is 0 Å². The molecule has 0 spiro atoms. The molecule has 0 saturated carbocycles. The number of rotatable bonds is 5. The number of benzene rings is 3. The molecule has 29 heavy (non-hydrogen) atoms. The highest BCUT2D eigenvalue weighted by Gasteiger charge is 2.15. The van der Waals surface area contributed by atoms with E-state index in [0.29, 0.717) is 5.82 Å². The van der Waals surface area contributed by atoms with Gasteiger partial charge in [-0.1, -0.05) is 42.5 Å². The van der Waals surface area contributed by atoms with Crippen LogP contribution in [0.2, 0.25) is 0 Å². The maximum Gasteiger partial charge on any atom is 0.229 e. The third-order valence-electron chi connectivity index (χ3n) is 4.95. The second kappa shape index (κ2) is 7.59. The van der Waals surface area contributed by atoms with E-state index in [1.165, 1.54) is 4.57 Å². The van der Waals surface area contributed by atoms with Crippen LogP contribution in [-0.2, 0) is 0 Å². The number of para-hydroxylation sites is 2. The van der Waals surface area contributed by atoms with Crippen molar-refractivity contribution in [2.45, 2.75) is 0 Å². The fraction of sp³-hybridized carbons (Fsp3) is 0.0870. The van der Waals surface area contributed by atoms with Gasteiger partial charge in [0.25, 0.3) is 0 Å². The molecule has 0 radical (unpaired) electrons. The summed E-state index contributed by atoms with van der Waals surface area (Å²) in [5.74, 6) is 1.44. The van der Waals surface area contributed by atoms with Gasteiger partial charge in [-0.3, -0.25) is 15.4 Å². The van der Waals surface area contributed by atoms with Gasteiger partial charge in [0, 0.05) is 23.7 Å². The standard InChI is InChI=1S/C23H21N5O/c1-27(17-8-4-3-5-9-17)22-19-13-12-16(18-10-6-7-11-21(18)29-2)14-20(19)28(15-24)23(25)26-22/h3-15,24-25H,1-2H3. The molecule has 6 nitrogen and oxygen atoms in total. The third kappa shape index (κ3) is 3.25. The van der Waals surface area contributed by atoms with Gasteiger partial charge < -0.3 is 9.64 Å². The summed E-state index contributed by atoms with van der Waals surface area (Å²) in [6.45, 7) is 0. The lowest BCUT2D eigenvalue weighted by Gasteiger charge is -2.21. The Kier molecular flexibility index (Phi) is 4.83. The second-order valence-corrected chi connectivity index (χ2v) is 6.58. The molecule has 0 aliphatic carbocycles. The van der Waals surface area contributed by atoms with Crippen molar-refractivity contribution < 1.29 is 4.74 Å². The summed E-state index contributed by atoms with van der Waals surface area (Å²) in [7, 11) is 3.58. The summed E-state index contributed by atoms with van der Waals surface area (Å²) in [5, 5.41) is 17.0. The van der Waals surface area contributed by atoms with Crippen LogP contribution in [0.4, 0.5) is 11.5 Å². The van der Waals surface area contributed by atoms with Crippen molar-refractivity contribution in [1.29, 1.82) is 10.8 Å². The van der Waals surface area contributed by atoms with Crippen LogP contribution in [0.25, 0.3) is 22.0 Å². The van der Waals surface area contributed by atoms with Gasteiger partial charge in [-0.25, -0.2) is 0 Å². The number of ether oxygens (including phenoxy) is 1. The van der Waals surface area contributed by atoms with Crippen LogP contribution in [0.5, 0.6) is 5.75 Å². The van der Waals surface area contributed by atoms with E-state index >= 15 is 0 Å². The number of hydrogen-bond donors (Lipinski definition) is 2. The van der Waals surface area contributed by atoms with E-state index in [1.807, 2.05) is 84.7 Å². The first-order valence-corrected chi connectivity index (χ1v) is 9.17. The van der Waals surface area contributed by atoms with Crippen molar-refractivity contribution in [3.05, 3.63) is 78.4 Å². The quantitative estimate of drug-likeness (QED) is 0.396. The van der Waals surface area contributed by atoms with Gasteiger partial charge in [0.2, 0.25) is 5.62 Å². The summed E-state index contributed by atoms with van der Waals surface area (Å²) in [6, 6.07) is 23.7. The lowest BCUT2D eigenvalue weighted by Crippen LogP contribution is -2.26. The predicted molar refractivity (Wildman–Crippen MR) is 116 cm³/mol. The van der Waals surface area contributed by atoms with Gasteiger partial charge in [0.1, 0.15) is 11.6 Å². The molecule has 3 aromatic carbocycles. The number of fused-ring (bicyclic) bond motifs is 1. The van der Waals surface area contributed by atoms with E-state index in [2.05, 4.69) is 4.98 Å². The molecule has 0 saturated heterocycles. The molecule has 4 aromatic rings. The van der Waals surface area contributed by atoms with E-state index in [1.54, 1.807) is 7.11 Å². The number of anilines is 2. The van der Waals surface area contributed by atoms with Gasteiger partial charge in [-0.05, 0) is 35.9 Å². The number of methoxy groups -OCH3 is 1. The molecule has 0 unspecified atom stereocenters. The monoisotopic (exact) mass is 383 g/mol. The number of hydrogen-bond acceptors (Lipinski definition) is 5. The Morgan fingerprint density at radius 3 is 2.45 bits per heavy atom. The molecule has 0 aliphatic heterocycles. The van der Waals surface area contributed by atoms with E-state index in [-0.39, 0.29) is 5.62 Å². The zero-order valence-corrected chi connectivity index (χ0v) is 16.3. The molecule has 0 fully saturated rings. The molecule has 6 heteroatoms. The Balaban J connectivity index is 1.97. The Morgan fingerprint density at radius 2 is 1.72 bits per heavy atom. The highest BCUT2D eigenvalue weighted by molar-refractivity contribution is 5.96. The number of nitrogens with zero attached hydrogens (tertiary/aromatic N) is 3. The van der Waals surface area contributed by atoms with Gasteiger partial charge in [-0.15, -0.1) is 0 Å². The number of nitrogens with one attached hydrogen (secondary N) is 2. The van der Waals surface area contributed by atoms with Crippen molar-refractivity contribution in [2.24, 2.45) is 0 Å². The third-order valence-corrected chi connectivity index (χ3v) is 4.95. The topological polar surface area (TPSA) is 78.0 Å². The van der Waals surface area contributed by atoms with E-state index in [0.717, 1.165) is 39.8 Å². The Labute approximate surface area is 168 Å². The fourth-order valence-electron chi connectivity index (χ4n) is 3.46. The molecule has 2 N–H and O–H groups in total. The maximum atomic E-state index is 8.35. The van der Waals surface area contributed by atoms with Crippen LogP contribution >= 0.6 is 0 Å². The molecule has 0 atom stereocenters. The molecule has 0 bridgehead atoms. The first-order chi connectivity index (χ1) is 14.1. The van der Waals surface area contributed by atoms with E-state index in [4.69, 9.17) is 15.6 Å². The predicted octanol–water partition coefficient (Wildman–Crippen LogP) is 4.41. The minimum atomic E-state index is 0.00228. The second-order valence-electron chi connectivity index (χ2n) is 6.58. The van der Waals surface area contributed by atoms with E-state index < -0.39 is 0 Å². The largest absolute Gasteiger partial charge is 0.496 e. The molecule has 0 aliphatic rings. The molecule has 1 aromatic heterocycles. The van der Waals surface area contributed by atoms with E-state index in [9.17, 15) is 0 Å². The minimum Gasteiger partial charge on any atom is -0.496 e. The molecule has 0 amide bonds. The average Bonchev–Trinajstić information content (AvgIpc) is 2.78. The van der Waals surface area contributed by atoms with Crippen LogP contribution < -0.4 is 15.3 Å². The van der Waals surface area contributed by atoms with Crippen molar-refractivity contribution >= 4 is 28.7 Å². The van der Waals surface area contributed by atoms with Crippen LogP contribution in [0.15, 0.2) is 72.8 Å². The highest BCUT2D eigenvalue weighted by Crippen LogP contribution is 2.34. The lowest BCUT2D eigenvalue weighted by molar-refractivity contribution is 0.416. The lowest BCUT2D eigenvalue weighted by atomic mass is 10.0. The van der Waals surface area contributed by atoms with Crippen molar-refractivity contribution in [3.8, 4) is 16.9 Å². The molecular formula is C23H21N5O. The summed E-state index contributed by atoms with van der Waals surface area (Å²) < 4.78 is 6.97. The van der Waals surface area contributed by atoms with Crippen molar-refractivity contribution in [2.75, 3.05) is 19.1 Å². The van der Waals surface area contributed by atoms with Crippen LogP contribution in [0.1, 0.15) is 0 Å². The Hall–Kier alpha value is -3.93. The molecular weight excluding hydrogens is 362 g/mol. The summed E-state index contributed by atoms with van der Waals surface area (Å²) in [4.78, 5) is 6.42. The summed E-state index contributed by atoms with van der Waals surface area (Å²) >= 11 is 0.